The SMILES string of the molecule is Cc1cncc(N2CCC2C(C)C)n1. The van der Waals surface area contributed by atoms with E-state index < -0.39 is 0 Å². The van der Waals surface area contributed by atoms with Crippen molar-refractivity contribution in [2.24, 2.45) is 5.92 Å². The third-order valence-electron chi connectivity index (χ3n) is 2.87. The summed E-state index contributed by atoms with van der Waals surface area (Å²) in [5, 5.41) is 0. The molecular weight excluding hydrogens is 174 g/mol. The van der Waals surface area contributed by atoms with E-state index in [1.165, 1.54) is 6.42 Å². The number of hydrogen-bond donors (Lipinski definition) is 0. The monoisotopic (exact) mass is 191 g/mol. The van der Waals surface area contributed by atoms with Crippen LogP contribution in [0.1, 0.15) is 26.0 Å². The summed E-state index contributed by atoms with van der Waals surface area (Å²) in [4.78, 5) is 11.0. The van der Waals surface area contributed by atoms with Gasteiger partial charge < -0.3 is 4.90 Å². The Labute approximate surface area is 85.2 Å². The van der Waals surface area contributed by atoms with E-state index in [-0.39, 0.29) is 0 Å². The Hall–Kier alpha value is -1.12. The van der Waals surface area contributed by atoms with E-state index in [2.05, 4.69) is 28.7 Å². The summed E-state index contributed by atoms with van der Waals surface area (Å²) >= 11 is 0. The number of aromatic nitrogens is 2. The van der Waals surface area contributed by atoms with E-state index in [4.69, 9.17) is 0 Å². The molecule has 0 spiro atoms. The third-order valence-corrected chi connectivity index (χ3v) is 2.87. The minimum Gasteiger partial charge on any atom is -0.352 e. The van der Waals surface area contributed by atoms with Crippen LogP contribution in [0.4, 0.5) is 5.82 Å². The summed E-state index contributed by atoms with van der Waals surface area (Å²) in [5.74, 6) is 1.74. The van der Waals surface area contributed by atoms with E-state index in [9.17, 15) is 0 Å². The van der Waals surface area contributed by atoms with Gasteiger partial charge in [-0.15, -0.1) is 0 Å². The number of anilines is 1. The molecule has 0 saturated carbocycles. The van der Waals surface area contributed by atoms with Crippen molar-refractivity contribution in [3.63, 3.8) is 0 Å². The molecule has 1 atom stereocenters. The van der Waals surface area contributed by atoms with Crippen molar-refractivity contribution in [2.75, 3.05) is 11.4 Å². The average molecular weight is 191 g/mol. The van der Waals surface area contributed by atoms with Gasteiger partial charge in [0.2, 0.25) is 0 Å². The van der Waals surface area contributed by atoms with Crippen molar-refractivity contribution in [3.05, 3.63) is 18.1 Å². The van der Waals surface area contributed by atoms with E-state index in [0.29, 0.717) is 12.0 Å². The molecule has 1 aromatic heterocycles. The number of nitrogens with zero attached hydrogens (tertiary/aromatic N) is 3. The van der Waals surface area contributed by atoms with Crippen molar-refractivity contribution in [3.8, 4) is 0 Å². The molecule has 0 N–H and O–H groups in total. The second kappa shape index (κ2) is 3.56. The Kier molecular flexibility index (Phi) is 2.40. The fourth-order valence-electron chi connectivity index (χ4n) is 1.97. The molecule has 2 rings (SSSR count). The maximum Gasteiger partial charge on any atom is 0.147 e. The molecule has 1 aliphatic heterocycles. The summed E-state index contributed by atoms with van der Waals surface area (Å²) < 4.78 is 0. The van der Waals surface area contributed by atoms with Gasteiger partial charge in [-0.3, -0.25) is 4.98 Å². The zero-order valence-electron chi connectivity index (χ0n) is 9.07. The average Bonchev–Trinajstić information content (AvgIpc) is 2.00. The fraction of sp³-hybridized carbons (Fsp3) is 0.636. The highest BCUT2D eigenvalue weighted by atomic mass is 15.3. The maximum atomic E-state index is 4.49. The first-order chi connectivity index (χ1) is 6.68. The Morgan fingerprint density at radius 2 is 2.21 bits per heavy atom. The van der Waals surface area contributed by atoms with Crippen LogP contribution in [0.25, 0.3) is 0 Å². The molecule has 0 radical (unpaired) electrons. The molecule has 1 fully saturated rings. The zero-order valence-corrected chi connectivity index (χ0v) is 9.07. The lowest BCUT2D eigenvalue weighted by molar-refractivity contribution is 0.349. The van der Waals surface area contributed by atoms with Gasteiger partial charge in [-0.05, 0) is 19.3 Å². The van der Waals surface area contributed by atoms with Crippen LogP contribution < -0.4 is 4.90 Å². The van der Waals surface area contributed by atoms with Crippen LogP contribution >= 0.6 is 0 Å². The highest BCUT2D eigenvalue weighted by Crippen LogP contribution is 2.28. The molecule has 2 heterocycles. The van der Waals surface area contributed by atoms with Crippen molar-refractivity contribution in [2.45, 2.75) is 33.2 Å². The molecule has 0 aliphatic carbocycles. The minimum absolute atomic E-state index is 0.658. The topological polar surface area (TPSA) is 29.0 Å². The summed E-state index contributed by atoms with van der Waals surface area (Å²) in [6.45, 7) is 7.64. The predicted molar refractivity (Wildman–Crippen MR) is 57.4 cm³/mol. The Balaban J connectivity index is 2.16. The quantitative estimate of drug-likeness (QED) is 0.716. The van der Waals surface area contributed by atoms with Crippen LogP contribution in [0.2, 0.25) is 0 Å². The van der Waals surface area contributed by atoms with Crippen molar-refractivity contribution in [1.82, 2.24) is 9.97 Å². The smallest absolute Gasteiger partial charge is 0.147 e. The van der Waals surface area contributed by atoms with Crippen LogP contribution in [0.5, 0.6) is 0 Å². The first-order valence-corrected chi connectivity index (χ1v) is 5.24. The minimum atomic E-state index is 0.658. The molecule has 1 saturated heterocycles. The molecule has 1 aliphatic rings. The molecule has 76 valence electrons. The molecule has 14 heavy (non-hydrogen) atoms. The Morgan fingerprint density at radius 1 is 1.43 bits per heavy atom. The van der Waals surface area contributed by atoms with Crippen LogP contribution in [0.15, 0.2) is 12.4 Å². The molecule has 3 nitrogen and oxygen atoms in total. The van der Waals surface area contributed by atoms with E-state index in [1.54, 1.807) is 6.20 Å². The van der Waals surface area contributed by atoms with Gasteiger partial charge in [-0.25, -0.2) is 4.98 Å². The molecule has 0 aromatic carbocycles. The first-order valence-electron chi connectivity index (χ1n) is 5.24. The van der Waals surface area contributed by atoms with E-state index in [0.717, 1.165) is 18.1 Å². The normalized spacial score (nSPS) is 21.1. The van der Waals surface area contributed by atoms with Gasteiger partial charge >= 0.3 is 0 Å². The number of hydrogen-bond acceptors (Lipinski definition) is 3. The van der Waals surface area contributed by atoms with Crippen LogP contribution in [0.3, 0.4) is 0 Å². The van der Waals surface area contributed by atoms with Crippen molar-refractivity contribution >= 4 is 5.82 Å². The molecule has 1 aromatic rings. The van der Waals surface area contributed by atoms with Crippen LogP contribution in [-0.2, 0) is 0 Å². The van der Waals surface area contributed by atoms with Crippen LogP contribution in [0, 0.1) is 12.8 Å². The van der Waals surface area contributed by atoms with Gasteiger partial charge in [0.1, 0.15) is 5.82 Å². The second-order valence-corrected chi connectivity index (χ2v) is 4.31. The lowest BCUT2D eigenvalue weighted by atomic mass is 9.92. The summed E-state index contributed by atoms with van der Waals surface area (Å²) in [7, 11) is 0. The second-order valence-electron chi connectivity index (χ2n) is 4.31. The van der Waals surface area contributed by atoms with Gasteiger partial charge in [-0.2, -0.15) is 0 Å². The van der Waals surface area contributed by atoms with Gasteiger partial charge in [0.15, 0.2) is 0 Å². The largest absolute Gasteiger partial charge is 0.352 e. The summed E-state index contributed by atoms with van der Waals surface area (Å²) in [6.07, 6.45) is 4.95. The van der Waals surface area contributed by atoms with Gasteiger partial charge in [0, 0.05) is 18.8 Å². The van der Waals surface area contributed by atoms with Crippen LogP contribution in [-0.4, -0.2) is 22.6 Å². The Bertz CT molecular complexity index is 322. The van der Waals surface area contributed by atoms with E-state index in [1.807, 2.05) is 13.1 Å². The molecular formula is C11H17N3. The summed E-state index contributed by atoms with van der Waals surface area (Å²) in [5.41, 5.74) is 0.997. The lowest BCUT2D eigenvalue weighted by Crippen LogP contribution is -2.51. The predicted octanol–water partition coefficient (Wildman–Crippen LogP) is 2.02. The van der Waals surface area contributed by atoms with E-state index >= 15 is 0 Å². The fourth-order valence-corrected chi connectivity index (χ4v) is 1.97. The van der Waals surface area contributed by atoms with Gasteiger partial charge in [-0.1, -0.05) is 13.8 Å². The molecule has 3 heteroatoms. The zero-order chi connectivity index (χ0) is 10.1. The lowest BCUT2D eigenvalue weighted by Gasteiger charge is -2.44. The number of rotatable bonds is 2. The standard InChI is InChI=1S/C11H17N3/c1-8(2)10-4-5-14(10)11-7-12-6-9(3)13-11/h6-8,10H,4-5H2,1-3H3. The maximum absolute atomic E-state index is 4.49. The highest BCUT2D eigenvalue weighted by molar-refractivity contribution is 5.41. The molecule has 0 bridgehead atoms. The van der Waals surface area contributed by atoms with Gasteiger partial charge in [0.25, 0.3) is 0 Å². The van der Waals surface area contributed by atoms with Crippen molar-refractivity contribution < 1.29 is 0 Å². The Morgan fingerprint density at radius 3 is 2.71 bits per heavy atom. The van der Waals surface area contributed by atoms with Gasteiger partial charge in [0.05, 0.1) is 11.9 Å². The van der Waals surface area contributed by atoms with Crippen molar-refractivity contribution in [1.29, 1.82) is 0 Å². The molecule has 1 unspecified atom stereocenters. The number of aryl methyl sites for hydroxylation is 1. The first kappa shape index (κ1) is 9.44. The molecule has 0 amide bonds. The highest BCUT2D eigenvalue weighted by Gasteiger charge is 2.31. The summed E-state index contributed by atoms with van der Waals surface area (Å²) in [6, 6.07) is 0.658. The third kappa shape index (κ3) is 1.59.